The summed E-state index contributed by atoms with van der Waals surface area (Å²) in [4.78, 5) is 26.8. The molecule has 1 aromatic heterocycles. The van der Waals surface area contributed by atoms with E-state index in [-0.39, 0.29) is 6.42 Å². The topological polar surface area (TPSA) is 64.5 Å². The molecule has 6 nitrogen and oxygen atoms in total. The summed E-state index contributed by atoms with van der Waals surface area (Å²) in [6, 6.07) is 40.2. The maximum Gasteiger partial charge on any atom is 0.263 e. The molecule has 6 aromatic rings. The van der Waals surface area contributed by atoms with E-state index in [9.17, 15) is 13.6 Å². The summed E-state index contributed by atoms with van der Waals surface area (Å²) in [5.74, 6) is -2.22. The van der Waals surface area contributed by atoms with Gasteiger partial charge in [0.15, 0.2) is 17.2 Å². The Labute approximate surface area is 285 Å². The number of hydrogen-bond donors (Lipinski definition) is 2. The van der Waals surface area contributed by atoms with Crippen LogP contribution in [0.1, 0.15) is 48.6 Å². The van der Waals surface area contributed by atoms with E-state index >= 15 is 0 Å². The van der Waals surface area contributed by atoms with Gasteiger partial charge < -0.3 is 4.57 Å². The number of hydrogen-bond acceptors (Lipinski definition) is 4. The first-order chi connectivity index (χ1) is 23.6. The second-order valence-corrected chi connectivity index (χ2v) is 13.0. The van der Waals surface area contributed by atoms with Crippen molar-refractivity contribution in [3.05, 3.63) is 179 Å². The Morgan fingerprint density at radius 3 is 1.82 bits per heavy atom. The number of carbonyl (C=O) groups excluding carboxylic acids is 1. The zero-order chi connectivity index (χ0) is 34.4. The van der Waals surface area contributed by atoms with Gasteiger partial charge in [-0.25, -0.2) is 14.3 Å². The number of para-hydroxylation sites is 1. The van der Waals surface area contributed by atoms with Crippen molar-refractivity contribution in [3.8, 4) is 0 Å². The smallest absolute Gasteiger partial charge is 0.263 e. The number of aromatic nitrogens is 1. The summed E-state index contributed by atoms with van der Waals surface area (Å²) in [6.45, 7) is 6.00. The highest BCUT2D eigenvalue weighted by Crippen LogP contribution is 2.39. The first-order valence-corrected chi connectivity index (χ1v) is 16.2. The number of nitrogens with one attached hydrogen (secondary N) is 2. The van der Waals surface area contributed by atoms with E-state index in [2.05, 4.69) is 11.0 Å². The molecule has 1 heterocycles. The van der Waals surface area contributed by atoms with E-state index in [1.165, 1.54) is 6.07 Å². The van der Waals surface area contributed by atoms with Crippen molar-refractivity contribution >= 4 is 16.8 Å². The standard InChI is InChI=1S/C41H39F2N3O3/c1-40(2,3)48-44-37(26-30-28-46(38-22-14-13-21-34(30)38)27-29-23-24-35(42)36(43)25-29)39(47)45-49-41(31-15-7-4-8-16-31,32-17-9-5-10-18-32)33-19-11-6-12-20-33/h4-25,28,37,44H,26-27H2,1-3H3,(H,45,47)/t37-/m1/s1. The molecule has 0 bridgehead atoms. The lowest BCUT2D eigenvalue weighted by atomic mass is 9.80. The highest BCUT2D eigenvalue weighted by atomic mass is 19.2. The minimum atomic E-state index is -1.17. The third-order valence-corrected chi connectivity index (χ3v) is 8.30. The second kappa shape index (κ2) is 14.5. The summed E-state index contributed by atoms with van der Waals surface area (Å²) in [7, 11) is 0. The Morgan fingerprint density at radius 2 is 1.27 bits per heavy atom. The minimum Gasteiger partial charge on any atom is -0.343 e. The van der Waals surface area contributed by atoms with Crippen molar-refractivity contribution in [2.45, 2.75) is 51.0 Å². The van der Waals surface area contributed by atoms with Crippen LogP contribution in [0.4, 0.5) is 8.78 Å². The quantitative estimate of drug-likeness (QED) is 0.103. The molecule has 0 unspecified atom stereocenters. The van der Waals surface area contributed by atoms with Gasteiger partial charge in [0, 0.05) is 30.1 Å². The Bertz CT molecular complexity index is 1910. The van der Waals surface area contributed by atoms with Crippen molar-refractivity contribution in [1.29, 1.82) is 0 Å². The minimum absolute atomic E-state index is 0.242. The SMILES string of the molecule is CC(C)(C)ON[C@H](Cc1cn(Cc2ccc(F)c(F)c2)c2ccccc12)C(=O)NOC(c1ccccc1)(c1ccccc1)c1ccccc1. The number of fused-ring (bicyclic) bond motifs is 1. The molecular formula is C41H39F2N3O3. The average molecular weight is 660 g/mol. The maximum atomic E-state index is 14.2. The average Bonchev–Trinajstić information content (AvgIpc) is 3.46. The van der Waals surface area contributed by atoms with Crippen LogP contribution in [0, 0.1) is 11.6 Å². The number of nitrogens with zero attached hydrogens (tertiary/aromatic N) is 1. The lowest BCUT2D eigenvalue weighted by Gasteiger charge is -2.35. The predicted octanol–water partition coefficient (Wildman–Crippen LogP) is 8.24. The van der Waals surface area contributed by atoms with E-state index in [4.69, 9.17) is 9.68 Å². The molecule has 250 valence electrons. The van der Waals surface area contributed by atoms with Crippen LogP contribution in [0.5, 0.6) is 0 Å². The predicted molar refractivity (Wildman–Crippen MR) is 187 cm³/mol. The third-order valence-electron chi connectivity index (χ3n) is 8.30. The zero-order valence-electron chi connectivity index (χ0n) is 27.7. The van der Waals surface area contributed by atoms with E-state index in [0.29, 0.717) is 12.1 Å². The highest BCUT2D eigenvalue weighted by Gasteiger charge is 2.39. The molecule has 49 heavy (non-hydrogen) atoms. The number of carbonyl (C=O) groups is 1. The molecule has 8 heteroatoms. The zero-order valence-corrected chi connectivity index (χ0v) is 27.7. The molecule has 0 saturated heterocycles. The lowest BCUT2D eigenvalue weighted by Crippen LogP contribution is -2.50. The van der Waals surface area contributed by atoms with Gasteiger partial charge in [0.1, 0.15) is 6.04 Å². The Kier molecular flexibility index (Phi) is 10.0. The number of halogens is 2. The fraction of sp³-hybridized carbons (Fsp3) is 0.195. The molecule has 0 aliphatic carbocycles. The molecule has 0 saturated carbocycles. The van der Waals surface area contributed by atoms with Gasteiger partial charge in [-0.1, -0.05) is 115 Å². The van der Waals surface area contributed by atoms with Crippen molar-refractivity contribution < 1.29 is 23.3 Å². The molecule has 2 N–H and O–H groups in total. The van der Waals surface area contributed by atoms with Crippen LogP contribution in [0.3, 0.4) is 0 Å². The Balaban J connectivity index is 1.35. The molecule has 0 spiro atoms. The van der Waals surface area contributed by atoms with Crippen LogP contribution in [0.2, 0.25) is 0 Å². The first-order valence-electron chi connectivity index (χ1n) is 16.2. The molecule has 0 fully saturated rings. The number of rotatable bonds is 12. The summed E-state index contributed by atoms with van der Waals surface area (Å²) in [5, 5.41) is 0.925. The summed E-state index contributed by atoms with van der Waals surface area (Å²) >= 11 is 0. The Hall–Kier alpha value is -5.15. The van der Waals surface area contributed by atoms with E-state index in [1.807, 2.05) is 147 Å². The molecule has 1 amide bonds. The number of hydroxylamine groups is 2. The maximum absolute atomic E-state index is 14.2. The summed E-state index contributed by atoms with van der Waals surface area (Å²) in [6.07, 6.45) is 2.18. The second-order valence-electron chi connectivity index (χ2n) is 13.0. The van der Waals surface area contributed by atoms with Gasteiger partial charge in [-0.2, -0.15) is 5.48 Å². The fourth-order valence-electron chi connectivity index (χ4n) is 6.00. The van der Waals surface area contributed by atoms with Crippen molar-refractivity contribution in [3.63, 3.8) is 0 Å². The number of benzene rings is 5. The summed E-state index contributed by atoms with van der Waals surface area (Å²) < 4.78 is 29.7. The highest BCUT2D eigenvalue weighted by molar-refractivity contribution is 5.86. The largest absolute Gasteiger partial charge is 0.343 e. The van der Waals surface area contributed by atoms with Crippen LogP contribution in [0.25, 0.3) is 10.9 Å². The van der Waals surface area contributed by atoms with Gasteiger partial charge in [-0.3, -0.25) is 14.5 Å². The Morgan fingerprint density at radius 1 is 0.714 bits per heavy atom. The molecule has 6 rings (SSSR count). The van der Waals surface area contributed by atoms with Crippen molar-refractivity contribution in [1.82, 2.24) is 15.5 Å². The fourth-order valence-corrected chi connectivity index (χ4v) is 6.00. The van der Waals surface area contributed by atoms with Gasteiger partial charge >= 0.3 is 0 Å². The molecule has 0 aliphatic heterocycles. The van der Waals surface area contributed by atoms with Gasteiger partial charge in [-0.15, -0.1) is 0 Å². The van der Waals surface area contributed by atoms with Crippen LogP contribution in [-0.4, -0.2) is 22.1 Å². The van der Waals surface area contributed by atoms with Crippen molar-refractivity contribution in [2.75, 3.05) is 0 Å². The monoisotopic (exact) mass is 659 g/mol. The lowest BCUT2D eigenvalue weighted by molar-refractivity contribution is -0.154. The van der Waals surface area contributed by atoms with E-state index in [1.54, 1.807) is 6.07 Å². The summed E-state index contributed by atoms with van der Waals surface area (Å²) in [5.41, 5.74) is 8.94. The number of amides is 1. The first kappa shape index (κ1) is 33.7. The van der Waals surface area contributed by atoms with E-state index < -0.39 is 34.8 Å². The van der Waals surface area contributed by atoms with Gasteiger partial charge in [-0.05, 0) is 66.8 Å². The van der Waals surface area contributed by atoms with Crippen LogP contribution < -0.4 is 11.0 Å². The molecule has 0 aliphatic rings. The molecule has 0 radical (unpaired) electrons. The van der Waals surface area contributed by atoms with E-state index in [0.717, 1.165) is 39.2 Å². The van der Waals surface area contributed by atoms with Crippen molar-refractivity contribution in [2.24, 2.45) is 0 Å². The van der Waals surface area contributed by atoms with Gasteiger partial charge in [0.05, 0.1) is 5.60 Å². The van der Waals surface area contributed by atoms with Crippen LogP contribution in [-0.2, 0) is 33.0 Å². The van der Waals surface area contributed by atoms with Crippen LogP contribution >= 0.6 is 0 Å². The van der Waals surface area contributed by atoms with Crippen LogP contribution in [0.15, 0.2) is 140 Å². The third kappa shape index (κ3) is 7.62. The normalized spacial score (nSPS) is 12.6. The van der Waals surface area contributed by atoms with Gasteiger partial charge in [0.25, 0.3) is 5.91 Å². The molecular weight excluding hydrogens is 620 g/mol. The molecule has 5 aromatic carbocycles. The molecule has 1 atom stereocenters. The van der Waals surface area contributed by atoms with Gasteiger partial charge in [0.2, 0.25) is 0 Å².